The van der Waals surface area contributed by atoms with Gasteiger partial charge in [-0.15, -0.1) is 5.10 Å². The average Bonchev–Trinajstić information content (AvgIpc) is 2.72. The highest BCUT2D eigenvalue weighted by molar-refractivity contribution is 5.71. The minimum Gasteiger partial charge on any atom is -0.305 e. The van der Waals surface area contributed by atoms with E-state index in [1.54, 1.807) is 0 Å². The Morgan fingerprint density at radius 3 is 2.56 bits per heavy atom. The number of halogens is 2. The van der Waals surface area contributed by atoms with Gasteiger partial charge in [-0.2, -0.15) is 4.68 Å². The molecule has 2 aromatic heterocycles. The normalized spacial score (nSPS) is 11.0. The second-order valence-electron chi connectivity index (χ2n) is 3.63. The van der Waals surface area contributed by atoms with Crippen molar-refractivity contribution in [2.24, 2.45) is 0 Å². The molecule has 3 rings (SSSR count). The van der Waals surface area contributed by atoms with Gasteiger partial charge < -0.3 is 4.98 Å². The van der Waals surface area contributed by atoms with Gasteiger partial charge in [0.1, 0.15) is 11.2 Å². The van der Waals surface area contributed by atoms with Gasteiger partial charge in [-0.25, -0.2) is 8.78 Å². The summed E-state index contributed by atoms with van der Waals surface area (Å²) < 4.78 is 28.2. The van der Waals surface area contributed by atoms with Crippen LogP contribution in [0.3, 0.4) is 0 Å². The van der Waals surface area contributed by atoms with Crippen LogP contribution in [0.15, 0.2) is 35.1 Å². The minimum absolute atomic E-state index is 0.145. The highest BCUT2D eigenvalue weighted by atomic mass is 19.1. The van der Waals surface area contributed by atoms with Gasteiger partial charge in [0, 0.05) is 6.07 Å². The smallest absolute Gasteiger partial charge is 0.249 e. The van der Waals surface area contributed by atoms with E-state index in [9.17, 15) is 13.6 Å². The Morgan fingerprint density at radius 2 is 1.83 bits per heavy atom. The van der Waals surface area contributed by atoms with E-state index in [1.165, 1.54) is 18.2 Å². The molecule has 0 atom stereocenters. The maximum absolute atomic E-state index is 13.6. The molecule has 0 unspecified atom stereocenters. The molecule has 0 saturated carbocycles. The average molecular weight is 248 g/mol. The van der Waals surface area contributed by atoms with Crippen molar-refractivity contribution in [3.8, 4) is 5.69 Å². The Bertz CT molecular complexity index is 773. The Hall–Kier alpha value is -2.57. The lowest BCUT2D eigenvalue weighted by Gasteiger charge is -2.04. The van der Waals surface area contributed by atoms with Crippen molar-refractivity contribution >= 4 is 11.2 Å². The van der Waals surface area contributed by atoms with Crippen molar-refractivity contribution < 1.29 is 8.78 Å². The first-order valence-electron chi connectivity index (χ1n) is 5.06. The van der Waals surface area contributed by atoms with Crippen LogP contribution in [0.4, 0.5) is 8.78 Å². The van der Waals surface area contributed by atoms with E-state index in [2.05, 4.69) is 15.3 Å². The summed E-state index contributed by atoms with van der Waals surface area (Å²) in [5.41, 5.74) is -0.284. The van der Waals surface area contributed by atoms with Gasteiger partial charge in [0.15, 0.2) is 17.3 Å². The predicted octanol–water partition coefficient (Wildman–Crippen LogP) is 1.39. The monoisotopic (exact) mass is 248 g/mol. The minimum atomic E-state index is -0.786. The van der Waals surface area contributed by atoms with Crippen LogP contribution in [-0.4, -0.2) is 20.0 Å². The van der Waals surface area contributed by atoms with Crippen molar-refractivity contribution in [2.45, 2.75) is 0 Å². The van der Waals surface area contributed by atoms with Gasteiger partial charge in [-0.1, -0.05) is 11.3 Å². The lowest BCUT2D eigenvalue weighted by molar-refractivity contribution is 0.558. The standard InChI is InChI=1S/C11H6F2N4O/c12-6-2-1-3-7(13)10(6)17-11-8(15-16-17)4-5-9(18)14-11/h1-5H,(H,14,18). The van der Waals surface area contributed by atoms with E-state index < -0.39 is 17.2 Å². The SMILES string of the molecule is O=c1ccc2nnn(-c3c(F)cccc3F)c2[nH]1. The highest BCUT2D eigenvalue weighted by Gasteiger charge is 2.15. The molecule has 0 saturated heterocycles. The number of H-pyrrole nitrogens is 1. The van der Waals surface area contributed by atoms with Crippen LogP contribution < -0.4 is 5.56 Å². The number of aromatic amines is 1. The van der Waals surface area contributed by atoms with Gasteiger partial charge >= 0.3 is 0 Å². The van der Waals surface area contributed by atoms with Crippen molar-refractivity contribution in [1.29, 1.82) is 0 Å². The van der Waals surface area contributed by atoms with Crippen molar-refractivity contribution in [3.63, 3.8) is 0 Å². The maximum Gasteiger partial charge on any atom is 0.249 e. The van der Waals surface area contributed by atoms with Crippen LogP contribution in [0.25, 0.3) is 16.9 Å². The topological polar surface area (TPSA) is 63.6 Å². The molecule has 0 bridgehead atoms. The zero-order valence-corrected chi connectivity index (χ0v) is 8.89. The lowest BCUT2D eigenvalue weighted by Crippen LogP contribution is -2.08. The van der Waals surface area contributed by atoms with E-state index in [-0.39, 0.29) is 11.3 Å². The summed E-state index contributed by atoms with van der Waals surface area (Å²) in [6.07, 6.45) is 0. The Morgan fingerprint density at radius 1 is 1.11 bits per heavy atom. The quantitative estimate of drug-likeness (QED) is 0.707. The molecule has 0 amide bonds. The fourth-order valence-corrected chi connectivity index (χ4v) is 1.68. The molecule has 0 aliphatic heterocycles. The molecule has 0 aliphatic rings. The second kappa shape index (κ2) is 3.73. The number of nitrogens with one attached hydrogen (secondary N) is 1. The summed E-state index contributed by atoms with van der Waals surface area (Å²) in [5.74, 6) is -1.57. The fourth-order valence-electron chi connectivity index (χ4n) is 1.68. The molecule has 5 nitrogen and oxygen atoms in total. The molecule has 7 heteroatoms. The van der Waals surface area contributed by atoms with Crippen LogP contribution in [0, 0.1) is 11.6 Å². The molecule has 0 aliphatic carbocycles. The van der Waals surface area contributed by atoms with Crippen LogP contribution in [0.5, 0.6) is 0 Å². The Kier molecular flexibility index (Phi) is 2.19. The molecule has 2 heterocycles. The third-order valence-corrected chi connectivity index (χ3v) is 2.48. The molecule has 18 heavy (non-hydrogen) atoms. The van der Waals surface area contributed by atoms with Gasteiger partial charge in [0.2, 0.25) is 5.56 Å². The molecule has 3 aromatic rings. The summed E-state index contributed by atoms with van der Waals surface area (Å²) >= 11 is 0. The van der Waals surface area contributed by atoms with Crippen molar-refractivity contribution in [3.05, 3.63) is 52.3 Å². The molecule has 1 N–H and O–H groups in total. The van der Waals surface area contributed by atoms with Crippen LogP contribution in [0.1, 0.15) is 0 Å². The first kappa shape index (κ1) is 10.6. The molecule has 0 radical (unpaired) electrons. The number of nitrogens with zero attached hydrogens (tertiary/aromatic N) is 3. The number of hydrogen-bond donors (Lipinski definition) is 1. The number of para-hydroxylation sites is 1. The number of fused-ring (bicyclic) bond motifs is 1. The summed E-state index contributed by atoms with van der Waals surface area (Å²) in [4.78, 5) is 13.7. The number of pyridine rings is 1. The first-order valence-corrected chi connectivity index (χ1v) is 5.06. The summed E-state index contributed by atoms with van der Waals surface area (Å²) in [6, 6.07) is 6.14. The molecule has 90 valence electrons. The van der Waals surface area contributed by atoms with Crippen LogP contribution in [0.2, 0.25) is 0 Å². The third kappa shape index (κ3) is 1.48. The lowest BCUT2D eigenvalue weighted by atomic mass is 10.3. The zero-order valence-electron chi connectivity index (χ0n) is 8.89. The van der Waals surface area contributed by atoms with E-state index in [1.807, 2.05) is 0 Å². The number of hydrogen-bond acceptors (Lipinski definition) is 3. The molecular weight excluding hydrogens is 242 g/mol. The molecule has 1 aromatic carbocycles. The molecule has 0 fully saturated rings. The van der Waals surface area contributed by atoms with Crippen molar-refractivity contribution in [1.82, 2.24) is 20.0 Å². The van der Waals surface area contributed by atoms with E-state index in [0.717, 1.165) is 16.8 Å². The molecular formula is C11H6F2N4O. The number of aromatic nitrogens is 4. The Labute approximate surface area is 98.7 Å². The van der Waals surface area contributed by atoms with Crippen molar-refractivity contribution in [2.75, 3.05) is 0 Å². The summed E-state index contributed by atoms with van der Waals surface area (Å²) in [7, 11) is 0. The van der Waals surface area contributed by atoms with E-state index in [4.69, 9.17) is 0 Å². The predicted molar refractivity (Wildman–Crippen MR) is 59.4 cm³/mol. The van der Waals surface area contributed by atoms with E-state index >= 15 is 0 Å². The fraction of sp³-hybridized carbons (Fsp3) is 0. The Balaban J connectivity index is 2.39. The van der Waals surface area contributed by atoms with Crippen LogP contribution in [-0.2, 0) is 0 Å². The largest absolute Gasteiger partial charge is 0.305 e. The van der Waals surface area contributed by atoms with Gasteiger partial charge in [0.05, 0.1) is 0 Å². The number of benzene rings is 1. The van der Waals surface area contributed by atoms with Gasteiger partial charge in [-0.05, 0) is 18.2 Å². The molecule has 0 spiro atoms. The number of rotatable bonds is 1. The highest BCUT2D eigenvalue weighted by Crippen LogP contribution is 2.19. The van der Waals surface area contributed by atoms with Gasteiger partial charge in [0.25, 0.3) is 0 Å². The second-order valence-corrected chi connectivity index (χ2v) is 3.63. The first-order chi connectivity index (χ1) is 8.66. The van der Waals surface area contributed by atoms with Crippen LogP contribution >= 0.6 is 0 Å². The summed E-state index contributed by atoms with van der Waals surface area (Å²) in [5, 5.41) is 7.37. The summed E-state index contributed by atoms with van der Waals surface area (Å²) in [6.45, 7) is 0. The van der Waals surface area contributed by atoms with Gasteiger partial charge in [-0.3, -0.25) is 4.79 Å². The zero-order chi connectivity index (χ0) is 12.7. The third-order valence-electron chi connectivity index (χ3n) is 2.48. The maximum atomic E-state index is 13.6. The van der Waals surface area contributed by atoms with E-state index in [0.29, 0.717) is 5.52 Å².